The molecule has 0 saturated carbocycles. The Morgan fingerprint density at radius 3 is 2.78 bits per heavy atom. The number of nitrogens with zero attached hydrogens (tertiary/aromatic N) is 2. The minimum atomic E-state index is -0.460. The number of hydrogen-bond donors (Lipinski definition) is 3. The first kappa shape index (κ1) is 12.3. The van der Waals surface area contributed by atoms with E-state index in [9.17, 15) is 10.1 Å². The highest BCUT2D eigenvalue weighted by molar-refractivity contribution is 7.09. The van der Waals surface area contributed by atoms with Gasteiger partial charge in [0.2, 0.25) is 0 Å². The molecule has 0 aliphatic carbocycles. The van der Waals surface area contributed by atoms with Crippen LogP contribution in [0.15, 0.2) is 29.9 Å². The van der Waals surface area contributed by atoms with Gasteiger partial charge in [0.05, 0.1) is 22.7 Å². The number of aromatic nitrogens is 1. The third kappa shape index (κ3) is 2.93. The van der Waals surface area contributed by atoms with E-state index in [4.69, 9.17) is 5.84 Å². The molecule has 0 unspecified atom stereocenters. The van der Waals surface area contributed by atoms with E-state index in [1.54, 1.807) is 17.8 Å². The van der Waals surface area contributed by atoms with E-state index in [1.807, 2.05) is 0 Å². The first-order valence-electron chi connectivity index (χ1n) is 5.06. The number of benzene rings is 1. The summed E-state index contributed by atoms with van der Waals surface area (Å²) >= 11 is 1.51. The lowest BCUT2D eigenvalue weighted by Gasteiger charge is -2.07. The van der Waals surface area contributed by atoms with Crippen molar-refractivity contribution in [3.05, 3.63) is 44.9 Å². The average Bonchev–Trinajstić information content (AvgIpc) is 2.89. The molecule has 1 heterocycles. The predicted molar refractivity (Wildman–Crippen MR) is 70.3 cm³/mol. The molecule has 7 nitrogen and oxygen atoms in total. The fourth-order valence-corrected chi connectivity index (χ4v) is 1.95. The lowest BCUT2D eigenvalue weighted by molar-refractivity contribution is -0.384. The number of anilines is 2. The number of hydrazine groups is 1. The third-order valence-corrected chi connectivity index (χ3v) is 3.03. The third-order valence-electron chi connectivity index (χ3n) is 2.25. The number of nitrogens with one attached hydrogen (secondary N) is 2. The van der Waals surface area contributed by atoms with Gasteiger partial charge in [0.1, 0.15) is 0 Å². The zero-order valence-corrected chi connectivity index (χ0v) is 10.1. The highest BCUT2D eigenvalue weighted by atomic mass is 32.1. The number of nitrogens with two attached hydrogens (primary N) is 1. The van der Waals surface area contributed by atoms with Crippen LogP contribution in [0.4, 0.5) is 17.1 Å². The summed E-state index contributed by atoms with van der Waals surface area (Å²) in [5.41, 5.74) is 5.23. The highest BCUT2D eigenvalue weighted by Gasteiger charge is 2.09. The summed E-state index contributed by atoms with van der Waals surface area (Å²) in [6, 6.07) is 4.54. The average molecular weight is 265 g/mol. The molecule has 8 heteroatoms. The summed E-state index contributed by atoms with van der Waals surface area (Å²) < 4.78 is 0. The molecule has 0 aliphatic heterocycles. The maximum absolute atomic E-state index is 10.8. The SMILES string of the molecule is NNc1cc(NCc2cncs2)cc([N+](=O)[O-])c1. The molecule has 0 radical (unpaired) electrons. The van der Waals surface area contributed by atoms with E-state index < -0.39 is 4.92 Å². The number of rotatable bonds is 5. The molecule has 0 amide bonds. The van der Waals surface area contributed by atoms with E-state index in [2.05, 4.69) is 15.7 Å². The van der Waals surface area contributed by atoms with E-state index >= 15 is 0 Å². The number of thiazole rings is 1. The predicted octanol–water partition coefficient (Wildman–Crippen LogP) is 1.95. The lowest BCUT2D eigenvalue weighted by atomic mass is 10.2. The topological polar surface area (TPSA) is 106 Å². The first-order valence-corrected chi connectivity index (χ1v) is 5.94. The fraction of sp³-hybridized carbons (Fsp3) is 0.100. The van der Waals surface area contributed by atoms with Crippen molar-refractivity contribution in [2.24, 2.45) is 5.84 Å². The molecule has 18 heavy (non-hydrogen) atoms. The van der Waals surface area contributed by atoms with Crippen LogP contribution < -0.4 is 16.6 Å². The van der Waals surface area contributed by atoms with E-state index in [0.29, 0.717) is 17.9 Å². The van der Waals surface area contributed by atoms with Crippen LogP contribution in [0.1, 0.15) is 4.88 Å². The van der Waals surface area contributed by atoms with Crippen LogP contribution in [0.3, 0.4) is 0 Å². The van der Waals surface area contributed by atoms with Crippen LogP contribution in [-0.2, 0) is 6.54 Å². The maximum atomic E-state index is 10.8. The second-order valence-corrected chi connectivity index (χ2v) is 4.46. The van der Waals surface area contributed by atoms with Crippen molar-refractivity contribution >= 4 is 28.4 Å². The summed E-state index contributed by atoms with van der Waals surface area (Å²) in [6.45, 7) is 0.565. The van der Waals surface area contributed by atoms with Gasteiger partial charge >= 0.3 is 0 Å². The normalized spacial score (nSPS) is 10.1. The second kappa shape index (κ2) is 5.43. The smallest absolute Gasteiger partial charge is 0.273 e. The molecule has 2 rings (SSSR count). The van der Waals surface area contributed by atoms with Crippen LogP contribution in [0, 0.1) is 10.1 Å². The van der Waals surface area contributed by atoms with Crippen molar-refractivity contribution in [3.8, 4) is 0 Å². The molecule has 0 saturated heterocycles. The standard InChI is InChI=1S/C10H11N5O2S/c11-14-8-1-7(2-9(3-8)15(16)17)13-5-10-4-12-6-18-10/h1-4,6,13-14H,5,11H2. The van der Waals surface area contributed by atoms with Crippen molar-refractivity contribution in [2.45, 2.75) is 6.54 Å². The van der Waals surface area contributed by atoms with E-state index in [1.165, 1.54) is 23.5 Å². The molecule has 1 aromatic carbocycles. The molecule has 1 aromatic heterocycles. The summed E-state index contributed by atoms with van der Waals surface area (Å²) in [4.78, 5) is 15.3. The lowest BCUT2D eigenvalue weighted by Crippen LogP contribution is -2.08. The van der Waals surface area contributed by atoms with Crippen LogP contribution >= 0.6 is 11.3 Å². The minimum absolute atomic E-state index is 0.0164. The summed E-state index contributed by atoms with van der Waals surface area (Å²) in [6.07, 6.45) is 1.75. The van der Waals surface area contributed by atoms with Gasteiger partial charge in [-0.2, -0.15) is 0 Å². The number of hydrogen-bond acceptors (Lipinski definition) is 7. The van der Waals surface area contributed by atoms with Gasteiger partial charge in [-0.05, 0) is 6.07 Å². The molecule has 94 valence electrons. The van der Waals surface area contributed by atoms with Crippen LogP contribution in [0.2, 0.25) is 0 Å². The fourth-order valence-electron chi connectivity index (χ4n) is 1.42. The number of nitro benzene ring substituents is 1. The van der Waals surface area contributed by atoms with Crippen LogP contribution in [0.25, 0.3) is 0 Å². The second-order valence-electron chi connectivity index (χ2n) is 3.49. The van der Waals surface area contributed by atoms with Gasteiger partial charge in [-0.25, -0.2) is 0 Å². The van der Waals surface area contributed by atoms with Gasteiger partial charge in [0.15, 0.2) is 0 Å². The Morgan fingerprint density at radius 2 is 2.17 bits per heavy atom. The van der Waals surface area contributed by atoms with Gasteiger partial charge in [-0.1, -0.05) is 0 Å². The molecule has 0 atom stereocenters. The summed E-state index contributed by atoms with van der Waals surface area (Å²) in [5, 5.41) is 13.8. The Morgan fingerprint density at radius 1 is 1.39 bits per heavy atom. The molecule has 0 bridgehead atoms. The van der Waals surface area contributed by atoms with Crippen molar-refractivity contribution in [3.63, 3.8) is 0 Å². The van der Waals surface area contributed by atoms with Gasteiger partial charge in [-0.15, -0.1) is 11.3 Å². The molecular weight excluding hydrogens is 254 g/mol. The van der Waals surface area contributed by atoms with Crippen molar-refractivity contribution < 1.29 is 4.92 Å². The van der Waals surface area contributed by atoms with Crippen LogP contribution in [0.5, 0.6) is 0 Å². The molecule has 4 N–H and O–H groups in total. The zero-order chi connectivity index (χ0) is 13.0. The molecule has 0 fully saturated rings. The highest BCUT2D eigenvalue weighted by Crippen LogP contribution is 2.24. The van der Waals surface area contributed by atoms with Crippen molar-refractivity contribution in [1.29, 1.82) is 0 Å². The summed E-state index contributed by atoms with van der Waals surface area (Å²) in [5.74, 6) is 5.27. The number of nitro groups is 1. The molecule has 0 spiro atoms. The Bertz CT molecular complexity index is 543. The van der Waals surface area contributed by atoms with Gasteiger partial charge in [0, 0.05) is 28.9 Å². The number of nitrogen functional groups attached to an aromatic ring is 1. The Labute approximate surface area is 107 Å². The monoisotopic (exact) mass is 265 g/mol. The summed E-state index contributed by atoms with van der Waals surface area (Å²) in [7, 11) is 0. The van der Waals surface area contributed by atoms with Crippen LogP contribution in [-0.4, -0.2) is 9.91 Å². The Hall–Kier alpha value is -2.19. The van der Waals surface area contributed by atoms with E-state index in [-0.39, 0.29) is 5.69 Å². The minimum Gasteiger partial charge on any atom is -0.380 e. The molecule has 2 aromatic rings. The number of non-ortho nitro benzene ring substituents is 1. The van der Waals surface area contributed by atoms with Gasteiger partial charge in [-0.3, -0.25) is 20.9 Å². The largest absolute Gasteiger partial charge is 0.380 e. The zero-order valence-electron chi connectivity index (χ0n) is 9.29. The van der Waals surface area contributed by atoms with Gasteiger partial charge < -0.3 is 10.7 Å². The van der Waals surface area contributed by atoms with E-state index in [0.717, 1.165) is 4.88 Å². The molecule has 0 aliphatic rings. The first-order chi connectivity index (χ1) is 8.69. The Kier molecular flexibility index (Phi) is 3.70. The van der Waals surface area contributed by atoms with Gasteiger partial charge in [0.25, 0.3) is 5.69 Å². The van der Waals surface area contributed by atoms with Crippen molar-refractivity contribution in [2.75, 3.05) is 10.7 Å². The maximum Gasteiger partial charge on any atom is 0.273 e. The Balaban J connectivity index is 2.16. The molecular formula is C10H11N5O2S. The van der Waals surface area contributed by atoms with Crippen molar-refractivity contribution in [1.82, 2.24) is 4.98 Å². The quantitative estimate of drug-likeness (QED) is 0.433.